The molecule has 0 saturated carbocycles. The van der Waals surface area contributed by atoms with Crippen LogP contribution >= 0.6 is 0 Å². The highest BCUT2D eigenvalue weighted by molar-refractivity contribution is 5.67. The van der Waals surface area contributed by atoms with Gasteiger partial charge in [-0.25, -0.2) is 9.78 Å². The number of likely N-dealkylation sites (tertiary alicyclic amines) is 1. The number of aromatic nitrogens is 2. The maximum atomic E-state index is 11.8. The molecule has 1 aromatic heterocycles. The van der Waals surface area contributed by atoms with Crippen LogP contribution in [0.4, 0.5) is 22.2 Å². The molecule has 0 radical (unpaired) electrons. The predicted octanol–water partition coefficient (Wildman–Crippen LogP) is 3.57. The van der Waals surface area contributed by atoms with Gasteiger partial charge in [-0.05, 0) is 50.5 Å². The van der Waals surface area contributed by atoms with E-state index < -0.39 is 0 Å². The second-order valence-corrected chi connectivity index (χ2v) is 6.70. The van der Waals surface area contributed by atoms with Gasteiger partial charge in [-0.15, -0.1) is 0 Å². The van der Waals surface area contributed by atoms with Crippen molar-refractivity contribution in [2.45, 2.75) is 32.7 Å². The molecule has 1 fully saturated rings. The van der Waals surface area contributed by atoms with Gasteiger partial charge in [0.2, 0.25) is 5.95 Å². The lowest BCUT2D eigenvalue weighted by molar-refractivity contribution is 0.0983. The van der Waals surface area contributed by atoms with E-state index in [1.54, 1.807) is 18.2 Å². The smallest absolute Gasteiger partial charge is 0.409 e. The van der Waals surface area contributed by atoms with Crippen LogP contribution in [0.1, 0.15) is 25.3 Å². The Hall–Kier alpha value is -3.03. The molecule has 3 rings (SSSR count). The maximum absolute atomic E-state index is 11.8. The predicted molar refractivity (Wildman–Crippen MR) is 108 cm³/mol. The number of amides is 1. The fourth-order valence-corrected chi connectivity index (χ4v) is 3.17. The number of carbonyl (C=O) groups is 1. The summed E-state index contributed by atoms with van der Waals surface area (Å²) in [6.07, 6.45) is 3.17. The molecule has 8 heteroatoms. The zero-order valence-corrected chi connectivity index (χ0v) is 16.6. The van der Waals surface area contributed by atoms with Crippen LogP contribution in [0, 0.1) is 6.92 Å². The minimum absolute atomic E-state index is 0.235. The van der Waals surface area contributed by atoms with E-state index >= 15 is 0 Å². The Kier molecular flexibility index (Phi) is 6.52. The quantitative estimate of drug-likeness (QED) is 0.786. The van der Waals surface area contributed by atoms with Crippen LogP contribution in [-0.2, 0) is 4.74 Å². The van der Waals surface area contributed by atoms with Crippen molar-refractivity contribution in [3.63, 3.8) is 0 Å². The summed E-state index contributed by atoms with van der Waals surface area (Å²) < 4.78 is 10.5. The lowest BCUT2D eigenvalue weighted by Gasteiger charge is -2.31. The summed E-state index contributed by atoms with van der Waals surface area (Å²) in [4.78, 5) is 22.4. The van der Waals surface area contributed by atoms with Crippen LogP contribution in [0.3, 0.4) is 0 Å². The van der Waals surface area contributed by atoms with E-state index in [2.05, 4.69) is 20.6 Å². The molecule has 0 aliphatic carbocycles. The normalized spacial score (nSPS) is 14.5. The van der Waals surface area contributed by atoms with E-state index in [-0.39, 0.29) is 12.1 Å². The fourth-order valence-electron chi connectivity index (χ4n) is 3.17. The topological polar surface area (TPSA) is 88.6 Å². The highest BCUT2D eigenvalue weighted by Crippen LogP contribution is 2.27. The van der Waals surface area contributed by atoms with Crippen molar-refractivity contribution >= 4 is 23.5 Å². The number of anilines is 3. The van der Waals surface area contributed by atoms with Crippen molar-refractivity contribution in [3.8, 4) is 5.75 Å². The first-order valence-corrected chi connectivity index (χ1v) is 9.52. The number of hydrogen-bond acceptors (Lipinski definition) is 7. The highest BCUT2D eigenvalue weighted by atomic mass is 16.6. The van der Waals surface area contributed by atoms with Crippen LogP contribution in [0.2, 0.25) is 0 Å². The summed E-state index contributed by atoms with van der Waals surface area (Å²) in [5.74, 6) is 1.98. The van der Waals surface area contributed by atoms with Crippen LogP contribution in [0.5, 0.6) is 5.75 Å². The number of benzene rings is 1. The molecule has 2 aromatic rings. The largest absolute Gasteiger partial charge is 0.495 e. The number of nitrogens with zero attached hydrogens (tertiary/aromatic N) is 3. The van der Waals surface area contributed by atoms with Gasteiger partial charge >= 0.3 is 6.09 Å². The summed E-state index contributed by atoms with van der Waals surface area (Å²) in [7, 11) is 1.64. The first kappa shape index (κ1) is 19.7. The summed E-state index contributed by atoms with van der Waals surface area (Å²) in [6, 6.07) is 7.99. The van der Waals surface area contributed by atoms with Gasteiger partial charge < -0.3 is 25.0 Å². The van der Waals surface area contributed by atoms with Crippen molar-refractivity contribution < 1.29 is 14.3 Å². The Labute approximate surface area is 165 Å². The van der Waals surface area contributed by atoms with Crippen molar-refractivity contribution in [3.05, 3.63) is 36.0 Å². The summed E-state index contributed by atoms with van der Waals surface area (Å²) in [6.45, 7) is 5.59. The molecule has 2 N–H and O–H groups in total. The number of nitrogens with one attached hydrogen (secondary N) is 2. The van der Waals surface area contributed by atoms with Gasteiger partial charge in [0, 0.05) is 25.3 Å². The number of methoxy groups -OCH3 is 1. The minimum atomic E-state index is -0.235. The van der Waals surface area contributed by atoms with Crippen LogP contribution < -0.4 is 15.4 Å². The van der Waals surface area contributed by atoms with Crippen molar-refractivity contribution in [2.24, 2.45) is 0 Å². The minimum Gasteiger partial charge on any atom is -0.495 e. The lowest BCUT2D eigenvalue weighted by atomic mass is 10.1. The van der Waals surface area contributed by atoms with Gasteiger partial charge in [-0.3, -0.25) is 0 Å². The van der Waals surface area contributed by atoms with Crippen molar-refractivity contribution in [1.82, 2.24) is 14.9 Å². The van der Waals surface area contributed by atoms with Gasteiger partial charge in [0.15, 0.2) is 0 Å². The Bertz CT molecular complexity index is 806. The van der Waals surface area contributed by atoms with Crippen LogP contribution in [0.15, 0.2) is 30.5 Å². The zero-order chi connectivity index (χ0) is 19.9. The summed E-state index contributed by atoms with van der Waals surface area (Å²) >= 11 is 0. The van der Waals surface area contributed by atoms with E-state index in [0.717, 1.165) is 35.7 Å². The Balaban J connectivity index is 1.60. The second-order valence-electron chi connectivity index (χ2n) is 6.70. The van der Waals surface area contributed by atoms with Crippen LogP contribution in [-0.4, -0.2) is 53.8 Å². The first-order valence-electron chi connectivity index (χ1n) is 9.52. The van der Waals surface area contributed by atoms with E-state index in [4.69, 9.17) is 9.47 Å². The molecule has 1 aromatic carbocycles. The molecule has 2 heterocycles. The van der Waals surface area contributed by atoms with Gasteiger partial charge in [0.05, 0.1) is 19.4 Å². The monoisotopic (exact) mass is 385 g/mol. The highest BCUT2D eigenvalue weighted by Gasteiger charge is 2.23. The molecule has 1 amide bonds. The third-order valence-electron chi connectivity index (χ3n) is 4.63. The number of hydrogen-bond donors (Lipinski definition) is 2. The Morgan fingerprint density at radius 2 is 2.07 bits per heavy atom. The van der Waals surface area contributed by atoms with Gasteiger partial charge in [-0.2, -0.15) is 4.98 Å². The molecule has 1 aliphatic heterocycles. The molecule has 8 nitrogen and oxygen atoms in total. The maximum Gasteiger partial charge on any atom is 0.409 e. The number of aryl methyl sites for hydroxylation is 1. The Morgan fingerprint density at radius 1 is 1.29 bits per heavy atom. The number of carbonyl (C=O) groups excluding carboxylic acids is 1. The SMILES string of the molecule is CCOC(=O)N1CCC(Nc2ccnc(Nc3cc(C)ccc3OC)n2)CC1. The molecule has 0 unspecified atom stereocenters. The summed E-state index contributed by atoms with van der Waals surface area (Å²) in [5, 5.41) is 6.66. The molecule has 0 spiro atoms. The average Bonchev–Trinajstić information content (AvgIpc) is 2.69. The van der Waals surface area contributed by atoms with E-state index in [1.807, 2.05) is 38.1 Å². The van der Waals surface area contributed by atoms with Crippen molar-refractivity contribution in [1.29, 1.82) is 0 Å². The number of rotatable bonds is 6. The van der Waals surface area contributed by atoms with Gasteiger partial charge in [-0.1, -0.05) is 6.07 Å². The fraction of sp³-hybridized carbons (Fsp3) is 0.450. The molecular formula is C20H27N5O3. The molecule has 1 saturated heterocycles. The van der Waals surface area contributed by atoms with E-state index in [0.29, 0.717) is 25.6 Å². The van der Waals surface area contributed by atoms with E-state index in [9.17, 15) is 4.79 Å². The zero-order valence-electron chi connectivity index (χ0n) is 16.6. The Morgan fingerprint density at radius 3 is 2.79 bits per heavy atom. The van der Waals surface area contributed by atoms with Crippen molar-refractivity contribution in [2.75, 3.05) is 37.4 Å². The average molecular weight is 385 g/mol. The standard InChI is InChI=1S/C20H27N5O3/c1-4-28-20(26)25-11-8-15(9-12-25)22-18-7-10-21-19(24-18)23-16-13-14(2)5-6-17(16)27-3/h5-7,10,13,15H,4,8-9,11-12H2,1-3H3,(H2,21,22,23,24). The second kappa shape index (κ2) is 9.25. The molecule has 1 aliphatic rings. The third-order valence-corrected chi connectivity index (χ3v) is 4.63. The van der Waals surface area contributed by atoms with Crippen LogP contribution in [0.25, 0.3) is 0 Å². The number of piperidine rings is 1. The molecule has 0 bridgehead atoms. The molecule has 28 heavy (non-hydrogen) atoms. The van der Waals surface area contributed by atoms with E-state index in [1.165, 1.54) is 0 Å². The summed E-state index contributed by atoms with van der Waals surface area (Å²) in [5.41, 5.74) is 1.94. The third kappa shape index (κ3) is 5.03. The molecule has 0 atom stereocenters. The molecular weight excluding hydrogens is 358 g/mol. The van der Waals surface area contributed by atoms with Gasteiger partial charge in [0.1, 0.15) is 11.6 Å². The first-order chi connectivity index (χ1) is 13.6. The number of ether oxygens (including phenoxy) is 2. The lowest BCUT2D eigenvalue weighted by Crippen LogP contribution is -2.42. The molecule has 150 valence electrons. The van der Waals surface area contributed by atoms with Gasteiger partial charge in [0.25, 0.3) is 0 Å².